The minimum atomic E-state index is -0.146. The van der Waals surface area contributed by atoms with Gasteiger partial charge in [-0.05, 0) is 24.8 Å². The number of nitrogens with two attached hydrogens (primary N) is 1. The Morgan fingerprint density at radius 1 is 1.52 bits per heavy atom. The number of carbonyl (C=O) groups is 1. The Morgan fingerprint density at radius 3 is 3.00 bits per heavy atom. The van der Waals surface area contributed by atoms with E-state index in [1.807, 2.05) is 6.07 Å². The van der Waals surface area contributed by atoms with Gasteiger partial charge in [0.1, 0.15) is 4.88 Å². The number of pyridine rings is 1. The van der Waals surface area contributed by atoms with Crippen LogP contribution in [0.25, 0.3) is 10.1 Å². The smallest absolute Gasteiger partial charge is 0.263 e. The molecule has 2 aromatic heterocycles. The van der Waals surface area contributed by atoms with E-state index in [-0.39, 0.29) is 12.5 Å². The first-order chi connectivity index (χ1) is 10.2. The first kappa shape index (κ1) is 15.7. The molecule has 1 amide bonds. The Morgan fingerprint density at radius 2 is 2.33 bits per heavy atom. The number of nitrogen functional groups attached to an aromatic ring is 1. The Bertz CT molecular complexity index is 606. The van der Waals surface area contributed by atoms with Gasteiger partial charge >= 0.3 is 0 Å². The van der Waals surface area contributed by atoms with Crippen molar-refractivity contribution < 1.29 is 9.90 Å². The van der Waals surface area contributed by atoms with Crippen molar-refractivity contribution in [3.8, 4) is 0 Å². The zero-order chi connectivity index (χ0) is 15.2. The molecular weight excluding hydrogens is 286 g/mol. The average molecular weight is 307 g/mol. The summed E-state index contributed by atoms with van der Waals surface area (Å²) >= 11 is 1.36. The van der Waals surface area contributed by atoms with Gasteiger partial charge in [0.2, 0.25) is 0 Å². The van der Waals surface area contributed by atoms with Crippen molar-refractivity contribution in [3.63, 3.8) is 0 Å². The summed E-state index contributed by atoms with van der Waals surface area (Å²) in [7, 11) is 0. The molecule has 2 heterocycles. The Hall–Kier alpha value is -1.66. The van der Waals surface area contributed by atoms with E-state index in [2.05, 4.69) is 17.2 Å². The zero-order valence-electron chi connectivity index (χ0n) is 12.1. The van der Waals surface area contributed by atoms with Gasteiger partial charge in [0, 0.05) is 30.9 Å². The number of aliphatic hydroxyl groups is 1. The number of amides is 1. The van der Waals surface area contributed by atoms with Crippen molar-refractivity contribution >= 4 is 33.0 Å². The summed E-state index contributed by atoms with van der Waals surface area (Å²) in [5, 5.41) is 12.9. The maximum absolute atomic E-state index is 12.3. The molecule has 2 rings (SSSR count). The highest BCUT2D eigenvalue weighted by Gasteiger charge is 2.17. The summed E-state index contributed by atoms with van der Waals surface area (Å²) in [5.74, 6) is 0.161. The van der Waals surface area contributed by atoms with Gasteiger partial charge in [-0.15, -0.1) is 11.3 Å². The third kappa shape index (κ3) is 3.71. The molecule has 4 N–H and O–H groups in total. The van der Waals surface area contributed by atoms with Gasteiger partial charge in [0.15, 0.2) is 0 Å². The predicted octanol–water partition coefficient (Wildman–Crippen LogP) is 2.41. The number of nitrogens with one attached hydrogen (secondary N) is 1. The van der Waals surface area contributed by atoms with E-state index in [9.17, 15) is 4.79 Å². The van der Waals surface area contributed by atoms with Gasteiger partial charge in [-0.2, -0.15) is 0 Å². The lowest BCUT2D eigenvalue weighted by Crippen LogP contribution is -2.29. The minimum absolute atomic E-state index is 0.146. The molecule has 2 aromatic rings. The lowest BCUT2D eigenvalue weighted by atomic mass is 10.0. The second kappa shape index (κ2) is 7.38. The monoisotopic (exact) mass is 307 g/mol. The lowest BCUT2D eigenvalue weighted by molar-refractivity contribution is 0.0948. The second-order valence-electron chi connectivity index (χ2n) is 5.09. The number of fused-ring (bicyclic) bond motifs is 1. The van der Waals surface area contributed by atoms with Crippen molar-refractivity contribution in [2.45, 2.75) is 26.2 Å². The third-order valence-corrected chi connectivity index (χ3v) is 4.68. The highest BCUT2D eigenvalue weighted by atomic mass is 32.1. The van der Waals surface area contributed by atoms with Crippen molar-refractivity contribution in [3.05, 3.63) is 23.3 Å². The number of aromatic nitrogens is 1. The third-order valence-electron chi connectivity index (χ3n) is 3.52. The van der Waals surface area contributed by atoms with Crippen LogP contribution >= 0.6 is 11.3 Å². The SMILES string of the molecule is CCCC(CCO)CNC(=O)c1sc2cnccc2c1N. The maximum atomic E-state index is 12.3. The molecule has 0 saturated carbocycles. The maximum Gasteiger partial charge on any atom is 0.263 e. The Kier molecular flexibility index (Phi) is 5.52. The van der Waals surface area contributed by atoms with Gasteiger partial charge in [0.25, 0.3) is 5.91 Å². The fourth-order valence-electron chi connectivity index (χ4n) is 2.40. The van der Waals surface area contributed by atoms with Crippen molar-refractivity contribution in [1.29, 1.82) is 0 Å². The second-order valence-corrected chi connectivity index (χ2v) is 6.15. The molecule has 6 heteroatoms. The summed E-state index contributed by atoms with van der Waals surface area (Å²) < 4.78 is 0.917. The summed E-state index contributed by atoms with van der Waals surface area (Å²) in [6.45, 7) is 2.82. The van der Waals surface area contributed by atoms with E-state index in [4.69, 9.17) is 10.8 Å². The van der Waals surface area contributed by atoms with Crippen molar-refractivity contribution in [2.24, 2.45) is 5.92 Å². The molecule has 0 bridgehead atoms. The summed E-state index contributed by atoms with van der Waals surface area (Å²) in [6, 6.07) is 1.82. The van der Waals surface area contributed by atoms with Crippen molar-refractivity contribution in [1.82, 2.24) is 10.3 Å². The van der Waals surface area contributed by atoms with Crippen LogP contribution in [0.4, 0.5) is 5.69 Å². The average Bonchev–Trinajstić information content (AvgIpc) is 2.83. The van der Waals surface area contributed by atoms with Crippen LogP contribution in [0.3, 0.4) is 0 Å². The molecule has 0 spiro atoms. The summed E-state index contributed by atoms with van der Waals surface area (Å²) in [4.78, 5) is 16.9. The van der Waals surface area contributed by atoms with Crippen LogP contribution in [-0.4, -0.2) is 29.1 Å². The molecule has 21 heavy (non-hydrogen) atoms. The van der Waals surface area contributed by atoms with Crippen LogP contribution in [0.5, 0.6) is 0 Å². The lowest BCUT2D eigenvalue weighted by Gasteiger charge is -2.15. The molecule has 0 aliphatic heterocycles. The van der Waals surface area contributed by atoms with Crippen LogP contribution in [0.2, 0.25) is 0 Å². The van der Waals surface area contributed by atoms with Crippen LogP contribution in [0.15, 0.2) is 18.5 Å². The van der Waals surface area contributed by atoms with Gasteiger partial charge < -0.3 is 16.2 Å². The number of nitrogens with zero attached hydrogens (tertiary/aromatic N) is 1. The molecule has 5 nitrogen and oxygen atoms in total. The van der Waals surface area contributed by atoms with Crippen LogP contribution in [0, 0.1) is 5.92 Å². The number of anilines is 1. The van der Waals surface area contributed by atoms with Gasteiger partial charge in [-0.25, -0.2) is 0 Å². The van der Waals surface area contributed by atoms with Crippen LogP contribution < -0.4 is 11.1 Å². The number of hydrogen-bond donors (Lipinski definition) is 3. The van der Waals surface area contributed by atoms with Gasteiger partial charge in [0.05, 0.1) is 10.4 Å². The number of aliphatic hydroxyl groups excluding tert-OH is 1. The first-order valence-electron chi connectivity index (χ1n) is 7.18. The topological polar surface area (TPSA) is 88.2 Å². The Balaban J connectivity index is 2.06. The highest BCUT2D eigenvalue weighted by Crippen LogP contribution is 2.32. The van der Waals surface area contributed by atoms with Crippen molar-refractivity contribution in [2.75, 3.05) is 18.9 Å². The minimum Gasteiger partial charge on any atom is -0.397 e. The summed E-state index contributed by atoms with van der Waals surface area (Å²) in [5.41, 5.74) is 6.56. The molecule has 0 aliphatic rings. The largest absolute Gasteiger partial charge is 0.397 e. The predicted molar refractivity (Wildman–Crippen MR) is 86.5 cm³/mol. The van der Waals surface area contributed by atoms with Crippen LogP contribution in [0.1, 0.15) is 35.9 Å². The molecule has 0 fully saturated rings. The fourth-order valence-corrected chi connectivity index (χ4v) is 3.40. The number of hydrogen-bond acceptors (Lipinski definition) is 5. The van der Waals surface area contributed by atoms with E-state index in [1.165, 1.54) is 11.3 Å². The normalized spacial score (nSPS) is 12.5. The molecule has 0 radical (unpaired) electrons. The molecule has 0 saturated heterocycles. The number of rotatable bonds is 7. The Labute approximate surface area is 128 Å². The molecular formula is C15H21N3O2S. The molecule has 1 atom stereocenters. The molecule has 0 aromatic carbocycles. The standard InChI is InChI=1S/C15H21N3O2S/c1-2-3-10(5-7-19)8-18-15(20)14-13(16)11-4-6-17-9-12(11)21-14/h4,6,9-10,19H,2-3,5,7-8,16H2,1H3,(H,18,20). The first-order valence-corrected chi connectivity index (χ1v) is 8.00. The summed E-state index contributed by atoms with van der Waals surface area (Å²) in [6.07, 6.45) is 6.13. The number of carbonyl (C=O) groups excluding carboxylic acids is 1. The van der Waals surface area contributed by atoms with Crippen LogP contribution in [-0.2, 0) is 0 Å². The quantitative estimate of drug-likeness (QED) is 0.733. The molecule has 114 valence electrons. The van der Waals surface area contributed by atoms with E-state index < -0.39 is 0 Å². The van der Waals surface area contributed by atoms with E-state index >= 15 is 0 Å². The van der Waals surface area contributed by atoms with E-state index in [1.54, 1.807) is 12.4 Å². The van der Waals surface area contributed by atoms with Gasteiger partial charge in [-0.1, -0.05) is 13.3 Å². The zero-order valence-corrected chi connectivity index (χ0v) is 12.9. The fraction of sp³-hybridized carbons (Fsp3) is 0.467. The molecule has 1 unspecified atom stereocenters. The van der Waals surface area contributed by atoms with E-state index in [0.717, 1.165) is 22.9 Å². The number of thiophene rings is 1. The van der Waals surface area contributed by atoms with E-state index in [0.29, 0.717) is 29.4 Å². The highest BCUT2D eigenvalue weighted by molar-refractivity contribution is 7.21. The van der Waals surface area contributed by atoms with Gasteiger partial charge in [-0.3, -0.25) is 9.78 Å². The molecule has 0 aliphatic carbocycles.